The minimum atomic E-state index is -0.747. The molecular weight excluding hydrogens is 384 g/mol. The molecule has 3 fully saturated rings. The van der Waals surface area contributed by atoms with Crippen molar-refractivity contribution in [2.75, 3.05) is 0 Å². The van der Waals surface area contributed by atoms with Crippen LogP contribution >= 0.6 is 0 Å². The molecule has 0 aromatic rings. The Balaban J connectivity index is 1.53. The lowest BCUT2D eigenvalue weighted by Crippen LogP contribution is -2.55. The lowest BCUT2D eigenvalue weighted by Gasteiger charge is -2.57. The van der Waals surface area contributed by atoms with Crippen LogP contribution in [0.1, 0.15) is 97.8 Å². The molecule has 3 heteroatoms. The van der Waals surface area contributed by atoms with Gasteiger partial charge in [-0.3, -0.25) is 9.59 Å². The maximum Gasteiger partial charge on any atom is 0.307 e. The van der Waals surface area contributed by atoms with E-state index in [9.17, 15) is 9.59 Å². The number of rotatable bonds is 6. The highest BCUT2D eigenvalue weighted by Crippen LogP contribution is 2.66. The van der Waals surface area contributed by atoms with E-state index in [-0.39, 0.29) is 11.4 Å². The van der Waals surface area contributed by atoms with Crippen molar-refractivity contribution in [2.24, 2.45) is 35.0 Å². The highest BCUT2D eigenvalue weighted by atomic mass is 16.6. The van der Waals surface area contributed by atoms with Crippen LogP contribution in [0.2, 0.25) is 0 Å². The van der Waals surface area contributed by atoms with E-state index in [1.807, 2.05) is 6.08 Å². The Morgan fingerprint density at radius 3 is 2.77 bits per heavy atom. The molecule has 0 aliphatic heterocycles. The molecule has 4 aliphatic rings. The third-order valence-electron chi connectivity index (χ3n) is 9.52. The van der Waals surface area contributed by atoms with E-state index in [4.69, 9.17) is 11.2 Å². The Hall–Kier alpha value is -1.56. The van der Waals surface area contributed by atoms with Crippen LogP contribution in [0.25, 0.3) is 0 Å². The van der Waals surface area contributed by atoms with Crippen LogP contribution < -0.4 is 0 Å². The topological polar surface area (TPSA) is 43.4 Å². The van der Waals surface area contributed by atoms with Gasteiger partial charge in [0.1, 0.15) is 0 Å². The van der Waals surface area contributed by atoms with Crippen molar-refractivity contribution >= 4 is 11.8 Å². The monoisotopic (exact) mass is 424 g/mol. The number of ether oxygens (including phenoxy) is 1. The van der Waals surface area contributed by atoms with Crippen LogP contribution in [0, 0.1) is 47.3 Å². The van der Waals surface area contributed by atoms with Crippen molar-refractivity contribution < 1.29 is 14.3 Å². The highest BCUT2D eigenvalue weighted by Gasteiger charge is 2.65. The second kappa shape index (κ2) is 8.76. The van der Waals surface area contributed by atoms with Gasteiger partial charge in [-0.2, -0.15) is 0 Å². The summed E-state index contributed by atoms with van der Waals surface area (Å²) in [4.78, 5) is 24.8. The predicted octanol–water partition coefficient (Wildman–Crippen LogP) is 6.26. The molecule has 0 unspecified atom stereocenters. The van der Waals surface area contributed by atoms with E-state index in [0.29, 0.717) is 48.2 Å². The number of ketones is 1. The maximum atomic E-state index is 12.8. The Bertz CT molecular complexity index is 789. The standard InChI is InChI=1S/C28H40O3/c1-5-7-8-9-10-25(30)31-28(6-2)16-14-24-26-19(3)17-20-18-21(29)11-12-22(20)23(26)13-15-27(24,28)4/h2,18-19,22-24,26H,5,7-17H2,1,3-4H3/t19-,22+,23-,24+,26-,27+,28+/m1/s1. The van der Waals surface area contributed by atoms with Gasteiger partial charge in [0.2, 0.25) is 0 Å². The third kappa shape index (κ3) is 3.79. The summed E-state index contributed by atoms with van der Waals surface area (Å²) in [5, 5.41) is 0. The summed E-state index contributed by atoms with van der Waals surface area (Å²) >= 11 is 0. The molecule has 0 saturated heterocycles. The first-order chi connectivity index (χ1) is 14.8. The first-order valence-electron chi connectivity index (χ1n) is 12.8. The molecule has 3 saturated carbocycles. The fraction of sp³-hybridized carbons (Fsp3) is 0.786. The van der Waals surface area contributed by atoms with Gasteiger partial charge in [0.15, 0.2) is 11.4 Å². The summed E-state index contributed by atoms with van der Waals surface area (Å²) in [6.45, 7) is 6.86. The second-order valence-electron chi connectivity index (χ2n) is 11.1. The van der Waals surface area contributed by atoms with Gasteiger partial charge in [-0.05, 0) is 80.6 Å². The zero-order valence-electron chi connectivity index (χ0n) is 19.8. The first-order valence-corrected chi connectivity index (χ1v) is 12.8. The Morgan fingerprint density at radius 1 is 1.23 bits per heavy atom. The highest BCUT2D eigenvalue weighted by molar-refractivity contribution is 5.91. The fourth-order valence-electron chi connectivity index (χ4n) is 7.96. The van der Waals surface area contributed by atoms with E-state index in [1.54, 1.807) is 0 Å². The van der Waals surface area contributed by atoms with Gasteiger partial charge >= 0.3 is 5.97 Å². The number of hydrogen-bond acceptors (Lipinski definition) is 3. The van der Waals surface area contributed by atoms with Crippen LogP contribution in [0.5, 0.6) is 0 Å². The zero-order valence-corrected chi connectivity index (χ0v) is 19.8. The van der Waals surface area contributed by atoms with E-state index in [2.05, 4.69) is 26.7 Å². The van der Waals surface area contributed by atoms with E-state index in [1.165, 1.54) is 5.57 Å². The van der Waals surface area contributed by atoms with Crippen LogP contribution in [0.4, 0.5) is 0 Å². The van der Waals surface area contributed by atoms with E-state index in [0.717, 1.165) is 64.2 Å². The zero-order chi connectivity index (χ0) is 22.2. The van der Waals surface area contributed by atoms with Gasteiger partial charge in [-0.1, -0.05) is 51.5 Å². The van der Waals surface area contributed by atoms with E-state index >= 15 is 0 Å². The Labute approximate surface area is 188 Å². The van der Waals surface area contributed by atoms with Crippen molar-refractivity contribution in [1.29, 1.82) is 0 Å². The van der Waals surface area contributed by atoms with Gasteiger partial charge in [0.25, 0.3) is 0 Å². The quantitative estimate of drug-likeness (QED) is 0.287. The molecule has 0 N–H and O–H groups in total. The van der Waals surface area contributed by atoms with Gasteiger partial charge in [0, 0.05) is 18.3 Å². The predicted molar refractivity (Wildman–Crippen MR) is 123 cm³/mol. The summed E-state index contributed by atoms with van der Waals surface area (Å²) in [5.41, 5.74) is 0.526. The van der Waals surface area contributed by atoms with Crippen LogP contribution in [0.3, 0.4) is 0 Å². The average Bonchev–Trinajstić information content (AvgIpc) is 3.03. The lowest BCUT2D eigenvalue weighted by atomic mass is 9.48. The SMILES string of the molecule is C#C[C@]1(OC(=O)CCCCCC)CC[C@H]2[C@H]3[C@H](CC[C@@]21C)[C@H]1CCC(=O)C=C1C[C@H]3C. The molecule has 0 amide bonds. The molecule has 0 spiro atoms. The normalized spacial score (nSPS) is 41.4. The van der Waals surface area contributed by atoms with Gasteiger partial charge in [0.05, 0.1) is 0 Å². The maximum absolute atomic E-state index is 12.8. The van der Waals surface area contributed by atoms with Crippen molar-refractivity contribution in [2.45, 2.75) is 103 Å². The molecule has 4 rings (SSSR count). The molecule has 3 nitrogen and oxygen atoms in total. The molecular formula is C28H40O3. The number of unbranched alkanes of at least 4 members (excludes halogenated alkanes) is 3. The first kappa shape index (κ1) is 22.6. The molecule has 0 aromatic heterocycles. The number of carbonyl (C=O) groups is 2. The minimum Gasteiger partial charge on any atom is -0.445 e. The summed E-state index contributed by atoms with van der Waals surface area (Å²) in [6, 6.07) is 0. The number of fused-ring (bicyclic) bond motifs is 5. The number of carbonyl (C=O) groups excluding carboxylic acids is 2. The van der Waals surface area contributed by atoms with Crippen molar-refractivity contribution in [3.63, 3.8) is 0 Å². The summed E-state index contributed by atoms with van der Waals surface area (Å²) in [7, 11) is 0. The third-order valence-corrected chi connectivity index (χ3v) is 9.52. The number of esters is 1. The molecule has 31 heavy (non-hydrogen) atoms. The minimum absolute atomic E-state index is 0.106. The second-order valence-corrected chi connectivity index (χ2v) is 11.1. The molecule has 4 aliphatic carbocycles. The molecule has 0 radical (unpaired) electrons. The Morgan fingerprint density at radius 2 is 2.03 bits per heavy atom. The van der Waals surface area contributed by atoms with Gasteiger partial charge < -0.3 is 4.74 Å². The van der Waals surface area contributed by atoms with Gasteiger partial charge in [-0.15, -0.1) is 6.42 Å². The molecule has 0 heterocycles. The summed E-state index contributed by atoms with van der Waals surface area (Å²) in [6.07, 6.45) is 19.7. The number of terminal acetylenes is 1. The smallest absolute Gasteiger partial charge is 0.307 e. The summed E-state index contributed by atoms with van der Waals surface area (Å²) in [5.74, 6) is 6.14. The molecule has 0 aromatic carbocycles. The lowest BCUT2D eigenvalue weighted by molar-refractivity contribution is -0.171. The van der Waals surface area contributed by atoms with Crippen LogP contribution in [0.15, 0.2) is 11.6 Å². The number of allylic oxidation sites excluding steroid dienone is 1. The van der Waals surface area contributed by atoms with Crippen LogP contribution in [-0.2, 0) is 14.3 Å². The van der Waals surface area contributed by atoms with Crippen molar-refractivity contribution in [3.05, 3.63) is 11.6 Å². The fourth-order valence-corrected chi connectivity index (χ4v) is 7.96. The largest absolute Gasteiger partial charge is 0.445 e. The average molecular weight is 425 g/mol. The van der Waals surface area contributed by atoms with Crippen molar-refractivity contribution in [1.82, 2.24) is 0 Å². The summed E-state index contributed by atoms with van der Waals surface area (Å²) < 4.78 is 6.21. The van der Waals surface area contributed by atoms with Crippen LogP contribution in [-0.4, -0.2) is 17.4 Å². The molecule has 170 valence electrons. The molecule has 7 atom stereocenters. The molecule has 0 bridgehead atoms. The van der Waals surface area contributed by atoms with E-state index < -0.39 is 5.60 Å². The Kier molecular flexibility index (Phi) is 6.39. The van der Waals surface area contributed by atoms with Gasteiger partial charge in [-0.25, -0.2) is 0 Å². The van der Waals surface area contributed by atoms with Crippen molar-refractivity contribution in [3.8, 4) is 12.3 Å². The number of hydrogen-bond donors (Lipinski definition) is 0.